The summed E-state index contributed by atoms with van der Waals surface area (Å²) in [4.78, 5) is 0. The lowest BCUT2D eigenvalue weighted by Gasteiger charge is -2.27. The average Bonchev–Trinajstić information content (AvgIpc) is 2.45. The van der Waals surface area contributed by atoms with Gasteiger partial charge in [-0.3, -0.25) is 0 Å². The average molecular weight is 285 g/mol. The van der Waals surface area contributed by atoms with Gasteiger partial charge in [-0.05, 0) is 37.4 Å². The Hall–Kier alpha value is -1.00. The van der Waals surface area contributed by atoms with Crippen molar-refractivity contribution >= 4 is 0 Å². The van der Waals surface area contributed by atoms with Crippen LogP contribution in [0.5, 0.6) is 0 Å². The van der Waals surface area contributed by atoms with E-state index in [0.29, 0.717) is 12.0 Å². The third kappa shape index (κ3) is 4.84. The second kappa shape index (κ2) is 9.03. The first-order valence-corrected chi connectivity index (χ1v) is 7.33. The van der Waals surface area contributed by atoms with Crippen LogP contribution in [0, 0.1) is 11.6 Å². The lowest BCUT2D eigenvalue weighted by molar-refractivity contribution is 0.0606. The van der Waals surface area contributed by atoms with Crippen LogP contribution in [0.4, 0.5) is 8.78 Å². The zero-order valence-corrected chi connectivity index (χ0v) is 12.6. The van der Waals surface area contributed by atoms with Crippen molar-refractivity contribution in [3.63, 3.8) is 0 Å². The highest BCUT2D eigenvalue weighted by atomic mass is 19.2. The topological polar surface area (TPSA) is 21.3 Å². The van der Waals surface area contributed by atoms with Gasteiger partial charge in [0.25, 0.3) is 0 Å². The predicted molar refractivity (Wildman–Crippen MR) is 77.8 cm³/mol. The van der Waals surface area contributed by atoms with Gasteiger partial charge in [-0.1, -0.05) is 32.4 Å². The van der Waals surface area contributed by atoms with Crippen LogP contribution in [0.1, 0.15) is 38.7 Å². The van der Waals surface area contributed by atoms with Crippen LogP contribution in [0.3, 0.4) is 0 Å². The van der Waals surface area contributed by atoms with Gasteiger partial charge in [0.1, 0.15) is 0 Å². The van der Waals surface area contributed by atoms with Gasteiger partial charge in [0, 0.05) is 13.2 Å². The van der Waals surface area contributed by atoms with Crippen LogP contribution in [0.2, 0.25) is 0 Å². The van der Waals surface area contributed by atoms with Crippen molar-refractivity contribution < 1.29 is 13.5 Å². The summed E-state index contributed by atoms with van der Waals surface area (Å²) in [7, 11) is 1.67. The van der Waals surface area contributed by atoms with E-state index in [1.54, 1.807) is 19.2 Å². The third-order valence-corrected chi connectivity index (χ3v) is 3.45. The molecule has 0 aromatic heterocycles. The van der Waals surface area contributed by atoms with E-state index in [4.69, 9.17) is 4.74 Å². The normalized spacial score (nSPS) is 14.2. The predicted octanol–water partition coefficient (Wildman–Crippen LogP) is 3.69. The molecule has 0 bridgehead atoms. The van der Waals surface area contributed by atoms with Gasteiger partial charge in [0.2, 0.25) is 0 Å². The number of hydrogen-bond acceptors (Lipinski definition) is 2. The molecule has 4 heteroatoms. The van der Waals surface area contributed by atoms with E-state index in [-0.39, 0.29) is 12.1 Å². The van der Waals surface area contributed by atoms with Crippen molar-refractivity contribution in [1.29, 1.82) is 0 Å². The molecule has 0 amide bonds. The zero-order chi connectivity index (χ0) is 15.0. The van der Waals surface area contributed by atoms with Crippen molar-refractivity contribution in [2.24, 2.45) is 0 Å². The van der Waals surface area contributed by atoms with Gasteiger partial charge in [-0.2, -0.15) is 0 Å². The van der Waals surface area contributed by atoms with E-state index >= 15 is 0 Å². The van der Waals surface area contributed by atoms with Crippen molar-refractivity contribution in [3.05, 3.63) is 35.4 Å². The van der Waals surface area contributed by atoms with Gasteiger partial charge in [-0.25, -0.2) is 8.78 Å². The molecule has 0 radical (unpaired) electrons. The minimum absolute atomic E-state index is 0.00352. The molecule has 0 saturated carbocycles. The van der Waals surface area contributed by atoms with Crippen LogP contribution >= 0.6 is 0 Å². The Morgan fingerprint density at radius 2 is 1.95 bits per heavy atom. The number of ether oxygens (including phenoxy) is 1. The molecule has 0 saturated heterocycles. The lowest BCUT2D eigenvalue weighted by atomic mass is 9.97. The quantitative estimate of drug-likeness (QED) is 0.747. The SMILES string of the molecule is CCCNC(Cc1cccc(F)c1F)C(CCC)OC. The standard InChI is InChI=1S/C16H25F2NO/c1-4-7-15(20-3)14(19-10-5-2)11-12-8-6-9-13(17)16(12)18/h6,8-9,14-15,19H,4-5,7,10-11H2,1-3H3. The van der Waals surface area contributed by atoms with E-state index in [1.807, 2.05) is 0 Å². The van der Waals surface area contributed by atoms with E-state index in [2.05, 4.69) is 19.2 Å². The Morgan fingerprint density at radius 1 is 1.20 bits per heavy atom. The Labute approximate surface area is 120 Å². The molecule has 0 spiro atoms. The van der Waals surface area contributed by atoms with E-state index in [1.165, 1.54) is 0 Å². The van der Waals surface area contributed by atoms with Gasteiger partial charge in [0.15, 0.2) is 11.6 Å². The smallest absolute Gasteiger partial charge is 0.162 e. The number of nitrogens with one attached hydrogen (secondary N) is 1. The maximum atomic E-state index is 13.8. The molecule has 1 aromatic carbocycles. The van der Waals surface area contributed by atoms with Crippen LogP contribution in [0.25, 0.3) is 0 Å². The number of benzene rings is 1. The van der Waals surface area contributed by atoms with Gasteiger partial charge < -0.3 is 10.1 Å². The molecule has 0 aliphatic carbocycles. The molecule has 1 rings (SSSR count). The van der Waals surface area contributed by atoms with Gasteiger partial charge in [-0.15, -0.1) is 0 Å². The second-order valence-corrected chi connectivity index (χ2v) is 5.04. The molecule has 2 atom stereocenters. The maximum absolute atomic E-state index is 13.8. The minimum Gasteiger partial charge on any atom is -0.380 e. The summed E-state index contributed by atoms with van der Waals surface area (Å²) in [6.45, 7) is 5.01. The summed E-state index contributed by atoms with van der Waals surface area (Å²) in [5.74, 6) is -1.54. The minimum atomic E-state index is -0.791. The lowest BCUT2D eigenvalue weighted by Crippen LogP contribution is -2.43. The summed E-state index contributed by atoms with van der Waals surface area (Å²) in [5, 5.41) is 3.39. The first-order valence-electron chi connectivity index (χ1n) is 7.33. The second-order valence-electron chi connectivity index (χ2n) is 5.04. The summed E-state index contributed by atoms with van der Waals surface area (Å²) >= 11 is 0. The third-order valence-electron chi connectivity index (χ3n) is 3.45. The highest BCUT2D eigenvalue weighted by Gasteiger charge is 2.22. The van der Waals surface area contributed by atoms with Crippen molar-refractivity contribution in [1.82, 2.24) is 5.32 Å². The molecular formula is C16H25F2NO. The Morgan fingerprint density at radius 3 is 2.55 bits per heavy atom. The molecule has 0 aliphatic rings. The van der Waals surface area contributed by atoms with E-state index in [9.17, 15) is 8.78 Å². The van der Waals surface area contributed by atoms with Crippen LogP contribution in [-0.4, -0.2) is 25.8 Å². The summed E-state index contributed by atoms with van der Waals surface area (Å²) < 4.78 is 32.6. The molecular weight excluding hydrogens is 260 g/mol. The fourth-order valence-corrected chi connectivity index (χ4v) is 2.38. The molecule has 2 unspecified atom stereocenters. The Bertz CT molecular complexity index is 398. The first kappa shape index (κ1) is 17.1. The highest BCUT2D eigenvalue weighted by Crippen LogP contribution is 2.17. The van der Waals surface area contributed by atoms with Crippen LogP contribution in [-0.2, 0) is 11.2 Å². The monoisotopic (exact) mass is 285 g/mol. The fraction of sp³-hybridized carbons (Fsp3) is 0.625. The molecule has 0 fully saturated rings. The number of hydrogen-bond donors (Lipinski definition) is 1. The summed E-state index contributed by atoms with van der Waals surface area (Å²) in [6, 6.07) is 4.33. The Balaban J connectivity index is 2.84. The highest BCUT2D eigenvalue weighted by molar-refractivity contribution is 5.20. The fourth-order valence-electron chi connectivity index (χ4n) is 2.38. The largest absolute Gasteiger partial charge is 0.380 e. The van der Waals surface area contributed by atoms with Crippen LogP contribution in [0.15, 0.2) is 18.2 Å². The summed E-state index contributed by atoms with van der Waals surface area (Å²) in [6.07, 6.45) is 3.32. The van der Waals surface area contributed by atoms with Gasteiger partial charge >= 0.3 is 0 Å². The summed E-state index contributed by atoms with van der Waals surface area (Å²) in [5.41, 5.74) is 0.400. The van der Waals surface area contributed by atoms with E-state index < -0.39 is 11.6 Å². The van der Waals surface area contributed by atoms with Crippen molar-refractivity contribution in [3.8, 4) is 0 Å². The molecule has 1 N–H and O–H groups in total. The number of halogens is 2. The molecule has 0 heterocycles. The molecule has 20 heavy (non-hydrogen) atoms. The van der Waals surface area contributed by atoms with Crippen molar-refractivity contribution in [2.45, 2.75) is 51.7 Å². The number of rotatable bonds is 9. The molecule has 0 aliphatic heterocycles. The molecule has 2 nitrogen and oxygen atoms in total. The zero-order valence-electron chi connectivity index (χ0n) is 12.6. The maximum Gasteiger partial charge on any atom is 0.162 e. The molecule has 1 aromatic rings. The van der Waals surface area contributed by atoms with Gasteiger partial charge in [0.05, 0.1) is 6.10 Å². The first-order chi connectivity index (χ1) is 9.63. The van der Waals surface area contributed by atoms with E-state index in [0.717, 1.165) is 31.9 Å². The molecule has 114 valence electrons. The van der Waals surface area contributed by atoms with Crippen LogP contribution < -0.4 is 5.32 Å². The number of methoxy groups -OCH3 is 1. The Kier molecular flexibility index (Phi) is 7.70. The van der Waals surface area contributed by atoms with Crippen molar-refractivity contribution in [2.75, 3.05) is 13.7 Å².